The molecule has 5 heteroatoms. The highest BCUT2D eigenvalue weighted by atomic mass is 16.6. The Hall–Kier alpha value is -3.62. The highest BCUT2D eigenvalue weighted by molar-refractivity contribution is 5.79. The van der Waals surface area contributed by atoms with Gasteiger partial charge in [0.25, 0.3) is 0 Å². The number of nitrogens with zero attached hydrogens (tertiary/aromatic N) is 2. The molecule has 192 valence electrons. The van der Waals surface area contributed by atoms with Crippen LogP contribution in [0.5, 0.6) is 0 Å². The minimum absolute atomic E-state index is 0.0367. The van der Waals surface area contributed by atoms with Gasteiger partial charge in [0, 0.05) is 30.8 Å². The molecule has 1 amide bonds. The van der Waals surface area contributed by atoms with E-state index in [2.05, 4.69) is 42.5 Å². The van der Waals surface area contributed by atoms with Gasteiger partial charge < -0.3 is 14.7 Å². The zero-order valence-corrected chi connectivity index (χ0v) is 21.5. The summed E-state index contributed by atoms with van der Waals surface area (Å²) in [6, 6.07) is 27.1. The summed E-state index contributed by atoms with van der Waals surface area (Å²) in [5.74, 6) is 0.0367. The topological polar surface area (TPSA) is 73.6 Å². The number of nitriles is 1. The van der Waals surface area contributed by atoms with Crippen molar-refractivity contribution in [2.75, 3.05) is 6.61 Å². The number of hydrogen-bond acceptors (Lipinski definition) is 4. The lowest BCUT2D eigenvalue weighted by atomic mass is 9.72. The van der Waals surface area contributed by atoms with E-state index in [0.717, 1.165) is 43.2 Å². The lowest BCUT2D eigenvalue weighted by Crippen LogP contribution is -2.59. The average Bonchev–Trinajstić information content (AvgIpc) is 3.68. The molecule has 2 saturated heterocycles. The maximum atomic E-state index is 13.5. The van der Waals surface area contributed by atoms with Crippen LogP contribution in [0.15, 0.2) is 72.8 Å². The third-order valence-electron chi connectivity index (χ3n) is 9.49. The molecule has 0 aromatic heterocycles. The van der Waals surface area contributed by atoms with Gasteiger partial charge >= 0.3 is 6.09 Å². The fraction of sp³-hybridized carbons (Fsp3) is 0.394. The number of rotatable bonds is 4. The molecule has 4 aliphatic rings. The summed E-state index contributed by atoms with van der Waals surface area (Å²) in [4.78, 5) is 15.5. The first-order chi connectivity index (χ1) is 18.5. The minimum atomic E-state index is -0.974. The molecule has 38 heavy (non-hydrogen) atoms. The first-order valence-electron chi connectivity index (χ1n) is 13.9. The van der Waals surface area contributed by atoms with E-state index in [9.17, 15) is 15.2 Å². The summed E-state index contributed by atoms with van der Waals surface area (Å²) in [7, 11) is 0. The number of carbonyl (C=O) groups excluding carboxylic acids is 1. The maximum absolute atomic E-state index is 13.5. The second-order valence-electron chi connectivity index (χ2n) is 11.7. The van der Waals surface area contributed by atoms with Crippen LogP contribution in [-0.4, -0.2) is 34.8 Å². The van der Waals surface area contributed by atoms with Crippen molar-refractivity contribution in [2.45, 2.75) is 74.0 Å². The Balaban J connectivity index is 1.08. The Morgan fingerprint density at radius 3 is 2.00 bits per heavy atom. The molecule has 5 nitrogen and oxygen atoms in total. The van der Waals surface area contributed by atoms with Crippen LogP contribution >= 0.6 is 0 Å². The van der Waals surface area contributed by atoms with Gasteiger partial charge in [-0.05, 0) is 65.5 Å². The SMILES string of the molecule is N#CC1(c2ccc(C3(O)CC4CCCC(C3)N4C(=O)OCC3c4ccccc4-c4ccccc43)cc2)CC1. The summed E-state index contributed by atoms with van der Waals surface area (Å²) in [5.41, 5.74) is 5.49. The van der Waals surface area contributed by atoms with Gasteiger partial charge in [-0.3, -0.25) is 0 Å². The average molecular weight is 505 g/mol. The van der Waals surface area contributed by atoms with Gasteiger partial charge in [0.15, 0.2) is 0 Å². The zero-order valence-electron chi connectivity index (χ0n) is 21.5. The summed E-state index contributed by atoms with van der Waals surface area (Å²) in [5, 5.41) is 21.3. The van der Waals surface area contributed by atoms with Gasteiger partial charge in [0.1, 0.15) is 6.61 Å². The maximum Gasteiger partial charge on any atom is 0.410 e. The van der Waals surface area contributed by atoms with Crippen LogP contribution in [0.25, 0.3) is 11.1 Å². The van der Waals surface area contributed by atoms with E-state index >= 15 is 0 Å². The number of aliphatic hydroxyl groups is 1. The molecule has 7 rings (SSSR count). The summed E-state index contributed by atoms with van der Waals surface area (Å²) in [6.07, 6.45) is 5.38. The predicted molar refractivity (Wildman–Crippen MR) is 144 cm³/mol. The molecular weight excluding hydrogens is 472 g/mol. The van der Waals surface area contributed by atoms with E-state index in [0.29, 0.717) is 19.4 Å². The van der Waals surface area contributed by atoms with E-state index in [1.54, 1.807) is 0 Å². The molecule has 3 fully saturated rings. The van der Waals surface area contributed by atoms with Crippen LogP contribution in [0.2, 0.25) is 0 Å². The molecule has 0 radical (unpaired) electrons. The lowest BCUT2D eigenvalue weighted by molar-refractivity contribution is -0.0891. The highest BCUT2D eigenvalue weighted by Crippen LogP contribution is 2.49. The second-order valence-corrected chi connectivity index (χ2v) is 11.7. The molecule has 2 bridgehead atoms. The standard InChI is InChI=1S/C33H32N2O3/c34-21-32(16-17-32)22-12-14-23(15-13-22)33(37)18-24-6-5-7-25(19-33)35(24)31(36)38-20-30-28-10-3-1-8-26(28)27-9-2-4-11-29(27)30/h1-4,8-15,24-25,30,37H,5-7,16-20H2. The van der Waals surface area contributed by atoms with Gasteiger partial charge in [-0.15, -0.1) is 0 Å². The molecule has 3 aromatic carbocycles. The van der Waals surface area contributed by atoms with Crippen LogP contribution < -0.4 is 0 Å². The number of carbonyl (C=O) groups is 1. The monoisotopic (exact) mass is 504 g/mol. The minimum Gasteiger partial charge on any atom is -0.448 e. The third kappa shape index (κ3) is 3.66. The van der Waals surface area contributed by atoms with E-state index < -0.39 is 5.60 Å². The summed E-state index contributed by atoms with van der Waals surface area (Å²) < 4.78 is 6.04. The summed E-state index contributed by atoms with van der Waals surface area (Å²) >= 11 is 0. The fourth-order valence-electron chi connectivity index (χ4n) is 7.32. The first kappa shape index (κ1) is 23.5. The number of amides is 1. The smallest absolute Gasteiger partial charge is 0.410 e. The van der Waals surface area contributed by atoms with E-state index in [4.69, 9.17) is 4.74 Å². The number of piperidine rings is 2. The van der Waals surface area contributed by atoms with Crippen LogP contribution in [0, 0.1) is 11.3 Å². The molecule has 1 saturated carbocycles. The molecular formula is C33H32N2O3. The van der Waals surface area contributed by atoms with Crippen molar-refractivity contribution in [3.63, 3.8) is 0 Å². The van der Waals surface area contributed by atoms with E-state index in [1.807, 2.05) is 41.3 Å². The molecule has 2 aliphatic heterocycles. The third-order valence-corrected chi connectivity index (χ3v) is 9.49. The van der Waals surface area contributed by atoms with Crippen molar-refractivity contribution in [2.24, 2.45) is 0 Å². The van der Waals surface area contributed by atoms with Crippen molar-refractivity contribution in [3.8, 4) is 17.2 Å². The number of hydrogen-bond donors (Lipinski definition) is 1. The van der Waals surface area contributed by atoms with Crippen molar-refractivity contribution in [1.29, 1.82) is 5.26 Å². The molecule has 2 aliphatic carbocycles. The van der Waals surface area contributed by atoms with Gasteiger partial charge in [-0.25, -0.2) is 4.79 Å². The van der Waals surface area contributed by atoms with Crippen LogP contribution in [0.4, 0.5) is 4.79 Å². The molecule has 1 N–H and O–H groups in total. The van der Waals surface area contributed by atoms with Gasteiger partial charge in [-0.1, -0.05) is 72.8 Å². The molecule has 3 aromatic rings. The normalized spacial score (nSPS) is 26.7. The molecule has 2 unspecified atom stereocenters. The molecule has 2 heterocycles. The quantitative estimate of drug-likeness (QED) is 0.446. The highest BCUT2D eigenvalue weighted by Gasteiger charge is 2.49. The number of ether oxygens (including phenoxy) is 1. The van der Waals surface area contributed by atoms with Crippen molar-refractivity contribution in [1.82, 2.24) is 4.90 Å². The Bertz CT molecular complexity index is 1380. The predicted octanol–water partition coefficient (Wildman–Crippen LogP) is 6.40. The van der Waals surface area contributed by atoms with Gasteiger partial charge in [-0.2, -0.15) is 5.26 Å². The Kier molecular flexibility index (Phi) is 5.39. The van der Waals surface area contributed by atoms with Crippen LogP contribution in [0.3, 0.4) is 0 Å². The van der Waals surface area contributed by atoms with E-state index in [1.165, 1.54) is 22.3 Å². The first-order valence-corrected chi connectivity index (χ1v) is 13.9. The largest absolute Gasteiger partial charge is 0.448 e. The second kappa shape index (κ2) is 8.71. The van der Waals surface area contributed by atoms with Crippen LogP contribution in [0.1, 0.15) is 73.1 Å². The Morgan fingerprint density at radius 2 is 1.45 bits per heavy atom. The Labute approximate surface area is 223 Å². The van der Waals surface area contributed by atoms with Crippen molar-refractivity contribution >= 4 is 6.09 Å². The summed E-state index contributed by atoms with van der Waals surface area (Å²) in [6.45, 7) is 0.315. The van der Waals surface area contributed by atoms with E-state index in [-0.39, 0.29) is 29.5 Å². The van der Waals surface area contributed by atoms with Gasteiger partial charge in [0.05, 0.1) is 17.1 Å². The van der Waals surface area contributed by atoms with Crippen molar-refractivity contribution < 1.29 is 14.6 Å². The number of benzene rings is 3. The zero-order chi connectivity index (χ0) is 25.9. The fourth-order valence-corrected chi connectivity index (χ4v) is 7.32. The lowest BCUT2D eigenvalue weighted by Gasteiger charge is -2.51. The Morgan fingerprint density at radius 1 is 0.895 bits per heavy atom. The number of fused-ring (bicyclic) bond motifs is 5. The van der Waals surface area contributed by atoms with Crippen molar-refractivity contribution in [3.05, 3.63) is 95.1 Å². The van der Waals surface area contributed by atoms with Gasteiger partial charge in [0.2, 0.25) is 0 Å². The molecule has 2 atom stereocenters. The van der Waals surface area contributed by atoms with Crippen LogP contribution in [-0.2, 0) is 15.8 Å². The molecule has 0 spiro atoms.